The minimum Gasteiger partial charge on any atom is -0.444 e. The highest BCUT2D eigenvalue weighted by molar-refractivity contribution is 6.34. The summed E-state index contributed by atoms with van der Waals surface area (Å²) in [7, 11) is 0. The predicted octanol–water partition coefficient (Wildman–Crippen LogP) is 2.61. The van der Waals surface area contributed by atoms with Gasteiger partial charge in [-0.15, -0.1) is 0 Å². The van der Waals surface area contributed by atoms with Gasteiger partial charge >= 0.3 is 6.09 Å². The van der Waals surface area contributed by atoms with E-state index in [0.29, 0.717) is 37.4 Å². The van der Waals surface area contributed by atoms with Crippen molar-refractivity contribution in [3.05, 3.63) is 28.0 Å². The average Bonchev–Trinajstić information content (AvgIpc) is 2.52. The lowest BCUT2D eigenvalue weighted by Crippen LogP contribution is -2.51. The van der Waals surface area contributed by atoms with E-state index in [2.05, 4.69) is 4.98 Å². The van der Waals surface area contributed by atoms with E-state index >= 15 is 0 Å². The molecule has 2 heterocycles. The molecular weight excluding hydrogens is 344 g/mol. The number of carbonyl (C=O) groups excluding carboxylic acids is 2. The van der Waals surface area contributed by atoms with Crippen molar-refractivity contribution in [3.63, 3.8) is 0 Å². The van der Waals surface area contributed by atoms with Gasteiger partial charge in [-0.25, -0.2) is 9.78 Å². The van der Waals surface area contributed by atoms with E-state index in [1.54, 1.807) is 16.7 Å². The van der Waals surface area contributed by atoms with Crippen LogP contribution in [0.25, 0.3) is 0 Å². The maximum atomic E-state index is 12.7. The Bertz CT molecular complexity index is 705. The molecule has 2 amide bonds. The Morgan fingerprint density at radius 3 is 2.28 bits per heavy atom. The van der Waals surface area contributed by atoms with Gasteiger partial charge in [0, 0.05) is 26.2 Å². The maximum Gasteiger partial charge on any atom is 0.410 e. The molecular formula is C17H21ClN4O3. The summed E-state index contributed by atoms with van der Waals surface area (Å²) >= 11 is 6.16. The third-order valence-corrected chi connectivity index (χ3v) is 4.00. The Kier molecular flexibility index (Phi) is 5.53. The monoisotopic (exact) mass is 364 g/mol. The van der Waals surface area contributed by atoms with Crippen LogP contribution >= 0.6 is 11.6 Å². The van der Waals surface area contributed by atoms with Crippen molar-refractivity contribution in [3.8, 4) is 6.07 Å². The third kappa shape index (κ3) is 4.60. The summed E-state index contributed by atoms with van der Waals surface area (Å²) in [6, 6.07) is 3.30. The lowest BCUT2D eigenvalue weighted by Gasteiger charge is -2.35. The molecule has 0 saturated carbocycles. The summed E-state index contributed by atoms with van der Waals surface area (Å²) in [6.07, 6.45) is -0.381. The second-order valence-corrected chi connectivity index (χ2v) is 7.23. The molecule has 0 atom stereocenters. The average molecular weight is 365 g/mol. The van der Waals surface area contributed by atoms with Crippen molar-refractivity contribution in [2.24, 2.45) is 0 Å². The lowest BCUT2D eigenvalue weighted by molar-refractivity contribution is 0.0140. The van der Waals surface area contributed by atoms with Gasteiger partial charge in [-0.1, -0.05) is 11.6 Å². The maximum absolute atomic E-state index is 12.7. The first kappa shape index (κ1) is 19.0. The molecule has 7 nitrogen and oxygen atoms in total. The zero-order valence-corrected chi connectivity index (χ0v) is 15.6. The zero-order valence-electron chi connectivity index (χ0n) is 14.8. The Morgan fingerprint density at radius 2 is 1.80 bits per heavy atom. The fourth-order valence-corrected chi connectivity index (χ4v) is 2.85. The zero-order chi connectivity index (χ0) is 18.8. The highest BCUT2D eigenvalue weighted by Crippen LogP contribution is 2.22. The second kappa shape index (κ2) is 7.28. The molecule has 2 rings (SSSR count). The lowest BCUT2D eigenvalue weighted by atomic mass is 10.1. The van der Waals surface area contributed by atoms with Crippen LogP contribution in [0.3, 0.4) is 0 Å². The van der Waals surface area contributed by atoms with Gasteiger partial charge in [0.1, 0.15) is 17.4 Å². The fourth-order valence-electron chi connectivity index (χ4n) is 2.52. The Morgan fingerprint density at radius 1 is 1.24 bits per heavy atom. The van der Waals surface area contributed by atoms with Gasteiger partial charge in [0.2, 0.25) is 0 Å². The number of halogens is 1. The molecule has 0 N–H and O–H groups in total. The summed E-state index contributed by atoms with van der Waals surface area (Å²) in [5, 5.41) is 9.12. The van der Waals surface area contributed by atoms with E-state index in [0.717, 1.165) is 0 Å². The summed E-state index contributed by atoms with van der Waals surface area (Å²) in [6.45, 7) is 8.63. The Hall–Kier alpha value is -2.33. The van der Waals surface area contributed by atoms with Crippen LogP contribution in [0.5, 0.6) is 0 Å². The number of rotatable bonds is 1. The van der Waals surface area contributed by atoms with Gasteiger partial charge in [-0.05, 0) is 33.8 Å². The van der Waals surface area contributed by atoms with Crippen LogP contribution in [-0.2, 0) is 4.74 Å². The fraction of sp³-hybridized carbons (Fsp3) is 0.529. The van der Waals surface area contributed by atoms with E-state index in [1.165, 1.54) is 6.07 Å². The number of nitriles is 1. The molecule has 0 aliphatic carbocycles. The first-order valence-electron chi connectivity index (χ1n) is 7.97. The number of pyridine rings is 1. The SMILES string of the molecule is Cc1nc(C#N)cc(Cl)c1C(=O)N1CCN(C(=O)OC(C)(C)C)CC1. The van der Waals surface area contributed by atoms with Gasteiger partial charge in [0.05, 0.1) is 16.3 Å². The normalized spacial score (nSPS) is 14.9. The van der Waals surface area contributed by atoms with Gasteiger partial charge in [-0.3, -0.25) is 4.79 Å². The van der Waals surface area contributed by atoms with E-state index in [-0.39, 0.29) is 22.7 Å². The van der Waals surface area contributed by atoms with E-state index in [9.17, 15) is 9.59 Å². The summed E-state index contributed by atoms with van der Waals surface area (Å²) in [5.41, 5.74) is 0.340. The van der Waals surface area contributed by atoms with Crippen molar-refractivity contribution in [1.82, 2.24) is 14.8 Å². The first-order chi connectivity index (χ1) is 11.6. The van der Waals surface area contributed by atoms with Crippen LogP contribution < -0.4 is 0 Å². The number of nitrogens with zero attached hydrogens (tertiary/aromatic N) is 4. The molecule has 1 aromatic heterocycles. The molecule has 0 unspecified atom stereocenters. The molecule has 1 fully saturated rings. The van der Waals surface area contributed by atoms with Gasteiger partial charge < -0.3 is 14.5 Å². The smallest absolute Gasteiger partial charge is 0.410 e. The predicted molar refractivity (Wildman–Crippen MR) is 92.4 cm³/mol. The molecule has 8 heteroatoms. The third-order valence-electron chi connectivity index (χ3n) is 3.70. The molecule has 0 aromatic carbocycles. The number of aromatic nitrogens is 1. The molecule has 1 aliphatic rings. The van der Waals surface area contributed by atoms with Crippen molar-refractivity contribution in [2.45, 2.75) is 33.3 Å². The molecule has 0 bridgehead atoms. The van der Waals surface area contributed by atoms with Crippen molar-refractivity contribution in [1.29, 1.82) is 5.26 Å². The quantitative estimate of drug-likeness (QED) is 0.764. The summed E-state index contributed by atoms with van der Waals surface area (Å²) in [4.78, 5) is 32.1. The molecule has 0 radical (unpaired) electrons. The number of carbonyl (C=O) groups is 2. The highest BCUT2D eigenvalue weighted by Gasteiger charge is 2.29. The number of aryl methyl sites for hydroxylation is 1. The Labute approximate surface area is 152 Å². The topological polar surface area (TPSA) is 86.5 Å². The van der Waals surface area contributed by atoms with Crippen molar-refractivity contribution >= 4 is 23.6 Å². The van der Waals surface area contributed by atoms with Crippen LogP contribution in [0, 0.1) is 18.3 Å². The minimum atomic E-state index is -0.553. The second-order valence-electron chi connectivity index (χ2n) is 6.82. The summed E-state index contributed by atoms with van der Waals surface area (Å²) in [5.74, 6) is -0.247. The number of amides is 2. The largest absolute Gasteiger partial charge is 0.444 e. The van der Waals surface area contributed by atoms with E-state index in [1.807, 2.05) is 26.8 Å². The number of hydrogen-bond acceptors (Lipinski definition) is 5. The van der Waals surface area contributed by atoms with Gasteiger partial charge in [0.25, 0.3) is 5.91 Å². The minimum absolute atomic E-state index is 0.175. The molecule has 25 heavy (non-hydrogen) atoms. The molecule has 134 valence electrons. The number of ether oxygens (including phenoxy) is 1. The van der Waals surface area contributed by atoms with E-state index < -0.39 is 5.60 Å². The van der Waals surface area contributed by atoms with Gasteiger partial charge in [-0.2, -0.15) is 5.26 Å². The van der Waals surface area contributed by atoms with Crippen LogP contribution in [-0.4, -0.2) is 58.6 Å². The van der Waals surface area contributed by atoms with Crippen LogP contribution in [0.15, 0.2) is 6.07 Å². The standard InChI is InChI=1S/C17H21ClN4O3/c1-11-14(13(18)9-12(10-19)20-11)15(23)21-5-7-22(8-6-21)16(24)25-17(2,3)4/h9H,5-8H2,1-4H3. The molecule has 0 spiro atoms. The van der Waals surface area contributed by atoms with E-state index in [4.69, 9.17) is 21.6 Å². The van der Waals surface area contributed by atoms with Crippen molar-refractivity contribution < 1.29 is 14.3 Å². The highest BCUT2D eigenvalue weighted by atomic mass is 35.5. The Balaban J connectivity index is 2.05. The number of piperazine rings is 1. The summed E-state index contributed by atoms with van der Waals surface area (Å²) < 4.78 is 5.34. The van der Waals surface area contributed by atoms with Crippen molar-refractivity contribution in [2.75, 3.05) is 26.2 Å². The molecule has 1 aromatic rings. The number of hydrogen-bond donors (Lipinski definition) is 0. The van der Waals surface area contributed by atoms with Crippen LogP contribution in [0.4, 0.5) is 4.79 Å². The molecule has 1 aliphatic heterocycles. The van der Waals surface area contributed by atoms with Crippen LogP contribution in [0.2, 0.25) is 5.02 Å². The molecule has 1 saturated heterocycles. The first-order valence-corrected chi connectivity index (χ1v) is 8.34. The van der Waals surface area contributed by atoms with Gasteiger partial charge in [0.15, 0.2) is 0 Å². The van der Waals surface area contributed by atoms with Crippen LogP contribution in [0.1, 0.15) is 42.5 Å².